The summed E-state index contributed by atoms with van der Waals surface area (Å²) in [6, 6.07) is 3.64. The van der Waals surface area contributed by atoms with E-state index in [2.05, 4.69) is 14.5 Å². The lowest BCUT2D eigenvalue weighted by Crippen LogP contribution is -2.50. The Hall–Kier alpha value is -1.72. The minimum Gasteiger partial charge on any atom is -0.423 e. The predicted octanol–water partition coefficient (Wildman–Crippen LogP) is 2.66. The lowest BCUT2D eigenvalue weighted by Gasteiger charge is -2.22. The highest BCUT2D eigenvalue weighted by molar-refractivity contribution is 6.30. The van der Waals surface area contributed by atoms with Gasteiger partial charge in [-0.1, -0.05) is 11.6 Å². The van der Waals surface area contributed by atoms with Crippen LogP contribution >= 0.6 is 11.6 Å². The van der Waals surface area contributed by atoms with E-state index in [0.29, 0.717) is 0 Å². The van der Waals surface area contributed by atoms with Crippen LogP contribution in [-0.4, -0.2) is 18.2 Å². The van der Waals surface area contributed by atoms with Crippen molar-refractivity contribution in [2.45, 2.75) is 12.1 Å². The van der Waals surface area contributed by atoms with Gasteiger partial charge in [-0.3, -0.25) is 0 Å². The molecule has 0 radical (unpaired) electrons. The Morgan fingerprint density at radius 3 is 2.53 bits per heavy atom. The number of alkyl halides is 3. The summed E-state index contributed by atoms with van der Waals surface area (Å²) < 4.78 is 47.2. The average Bonchev–Trinajstić information content (AvgIpc) is 2.56. The molecule has 1 unspecified atom stereocenters. The summed E-state index contributed by atoms with van der Waals surface area (Å²) in [5, 5.41) is 0.167. The molecule has 4 nitrogen and oxygen atoms in total. The van der Waals surface area contributed by atoms with Gasteiger partial charge in [0.25, 0.3) is 0 Å². The number of rotatable bonds is 1. The first-order valence-corrected chi connectivity index (χ1v) is 4.59. The van der Waals surface area contributed by atoms with E-state index in [-0.39, 0.29) is 16.5 Å². The maximum absolute atomic E-state index is 12.7. The molecule has 0 fully saturated rings. The molecule has 1 aliphatic rings. The van der Waals surface area contributed by atoms with Gasteiger partial charge in [0.05, 0.1) is 0 Å². The molecule has 0 aliphatic carbocycles. The van der Waals surface area contributed by atoms with Crippen LogP contribution in [0, 0.1) is 0 Å². The summed E-state index contributed by atoms with van der Waals surface area (Å²) in [5.41, 5.74) is 0. The second kappa shape index (κ2) is 3.65. The first-order chi connectivity index (χ1) is 7.88. The molecule has 90 valence electrons. The van der Waals surface area contributed by atoms with E-state index < -0.39 is 12.1 Å². The fraction of sp³-hybridized carbons (Fsp3) is 0.222. The Kier molecular flexibility index (Phi) is 2.52. The molecule has 1 aromatic rings. The molecule has 1 aliphatic heterocycles. The fourth-order valence-corrected chi connectivity index (χ4v) is 1.41. The minimum atomic E-state index is -5.02. The van der Waals surface area contributed by atoms with Gasteiger partial charge in [0, 0.05) is 11.1 Å². The number of hydrogen-bond donors (Lipinski definition) is 0. The van der Waals surface area contributed by atoms with Crippen molar-refractivity contribution >= 4 is 17.7 Å². The molecule has 1 heterocycles. The molecule has 0 N–H and O–H groups in total. The molecule has 8 heteroatoms. The third kappa shape index (κ3) is 1.83. The van der Waals surface area contributed by atoms with Crippen LogP contribution in [0.5, 0.6) is 11.5 Å². The lowest BCUT2D eigenvalue weighted by atomic mass is 10.3. The highest BCUT2D eigenvalue weighted by Crippen LogP contribution is 2.47. The number of hydrogen-bond acceptors (Lipinski definition) is 4. The Labute approximate surface area is 97.6 Å². The molecule has 0 aromatic heterocycles. The van der Waals surface area contributed by atoms with E-state index in [4.69, 9.17) is 11.6 Å². The van der Waals surface area contributed by atoms with Crippen LogP contribution < -0.4 is 9.47 Å². The fourth-order valence-electron chi connectivity index (χ4n) is 1.25. The molecular weight excluding hydrogens is 263 g/mol. The van der Waals surface area contributed by atoms with Crippen LogP contribution in [0.4, 0.5) is 13.2 Å². The number of ether oxygens (including phenoxy) is 2. The van der Waals surface area contributed by atoms with E-state index >= 15 is 0 Å². The van der Waals surface area contributed by atoms with E-state index in [0.717, 1.165) is 12.1 Å². The number of fused-ring (bicyclic) bond motifs is 1. The summed E-state index contributed by atoms with van der Waals surface area (Å²) in [6.07, 6.45) is -4.24. The largest absolute Gasteiger partial charge is 0.495 e. The van der Waals surface area contributed by atoms with Crippen molar-refractivity contribution in [1.82, 2.24) is 0 Å². The van der Waals surface area contributed by atoms with Crippen molar-refractivity contribution in [3.63, 3.8) is 0 Å². The summed E-state index contributed by atoms with van der Waals surface area (Å²) in [6.45, 7) is 0. The standard InChI is InChI=1S/C9H3ClF3NO3/c10-5-1-2-6-7(3-5)17-9(16-6,14-4-15)8(11,12)13/h1-3H. The van der Waals surface area contributed by atoms with Crippen molar-refractivity contribution in [2.75, 3.05) is 0 Å². The smallest absolute Gasteiger partial charge is 0.423 e. The zero-order valence-electron chi connectivity index (χ0n) is 7.92. The highest BCUT2D eigenvalue weighted by Gasteiger charge is 2.65. The van der Waals surface area contributed by atoms with Crippen LogP contribution in [0.1, 0.15) is 0 Å². The minimum absolute atomic E-state index is 0.167. The topological polar surface area (TPSA) is 47.9 Å². The third-order valence-corrected chi connectivity index (χ3v) is 2.19. The second-order valence-corrected chi connectivity index (χ2v) is 3.51. The summed E-state index contributed by atoms with van der Waals surface area (Å²) in [7, 11) is 0. The number of isocyanates is 1. The number of halogens is 4. The zero-order chi connectivity index (χ0) is 12.7. The summed E-state index contributed by atoms with van der Waals surface area (Å²) in [5.74, 6) is -3.82. The molecule has 17 heavy (non-hydrogen) atoms. The van der Waals surface area contributed by atoms with Crippen LogP contribution in [0.25, 0.3) is 0 Å². The van der Waals surface area contributed by atoms with Crippen LogP contribution in [-0.2, 0) is 4.79 Å². The van der Waals surface area contributed by atoms with Crippen LogP contribution in [0.2, 0.25) is 5.02 Å². The summed E-state index contributed by atoms with van der Waals surface area (Å²) in [4.78, 5) is 12.6. The van der Waals surface area contributed by atoms with Crippen LogP contribution in [0.3, 0.4) is 0 Å². The lowest BCUT2D eigenvalue weighted by molar-refractivity contribution is -0.305. The predicted molar refractivity (Wildman–Crippen MR) is 49.6 cm³/mol. The number of nitrogens with zero attached hydrogens (tertiary/aromatic N) is 1. The Morgan fingerprint density at radius 2 is 1.94 bits per heavy atom. The molecule has 0 amide bonds. The first kappa shape index (κ1) is 11.8. The average molecular weight is 266 g/mol. The van der Waals surface area contributed by atoms with Gasteiger partial charge in [-0.15, -0.1) is 4.99 Å². The SMILES string of the molecule is O=C=NC1(C(F)(F)F)Oc2ccc(Cl)cc2O1. The second-order valence-electron chi connectivity index (χ2n) is 3.08. The van der Waals surface area contributed by atoms with Crippen molar-refractivity contribution in [3.05, 3.63) is 23.2 Å². The van der Waals surface area contributed by atoms with Gasteiger partial charge in [0.15, 0.2) is 11.5 Å². The number of benzene rings is 1. The molecule has 1 atom stereocenters. The summed E-state index contributed by atoms with van der Waals surface area (Å²) >= 11 is 5.58. The Balaban J connectivity index is 2.48. The van der Waals surface area contributed by atoms with Gasteiger partial charge >= 0.3 is 12.1 Å². The molecule has 2 rings (SSSR count). The molecule has 0 saturated heterocycles. The molecule has 1 aromatic carbocycles. The van der Waals surface area contributed by atoms with E-state index in [1.54, 1.807) is 0 Å². The quantitative estimate of drug-likeness (QED) is 0.579. The van der Waals surface area contributed by atoms with Gasteiger partial charge in [-0.25, -0.2) is 4.79 Å². The Morgan fingerprint density at radius 1 is 1.29 bits per heavy atom. The van der Waals surface area contributed by atoms with Gasteiger partial charge in [0.1, 0.15) is 0 Å². The van der Waals surface area contributed by atoms with Gasteiger partial charge in [-0.2, -0.15) is 13.2 Å². The van der Waals surface area contributed by atoms with Crippen molar-refractivity contribution < 1.29 is 27.4 Å². The van der Waals surface area contributed by atoms with Crippen molar-refractivity contribution in [2.24, 2.45) is 4.99 Å². The third-order valence-electron chi connectivity index (χ3n) is 1.95. The monoisotopic (exact) mass is 265 g/mol. The number of aliphatic imine (C=N–C) groups is 1. The molecular formula is C9H3ClF3NO3. The molecule has 0 spiro atoms. The van der Waals surface area contributed by atoms with E-state index in [1.165, 1.54) is 12.1 Å². The first-order valence-electron chi connectivity index (χ1n) is 4.21. The van der Waals surface area contributed by atoms with Gasteiger partial charge < -0.3 is 9.47 Å². The maximum Gasteiger partial charge on any atom is 0.495 e. The van der Waals surface area contributed by atoms with Gasteiger partial charge in [-0.05, 0) is 12.1 Å². The van der Waals surface area contributed by atoms with Crippen molar-refractivity contribution in [1.29, 1.82) is 0 Å². The van der Waals surface area contributed by atoms with Crippen LogP contribution in [0.15, 0.2) is 23.2 Å². The van der Waals surface area contributed by atoms with Gasteiger partial charge in [0.2, 0.25) is 6.08 Å². The normalized spacial score (nSPS) is 22.1. The Bertz CT molecular complexity index is 513. The maximum atomic E-state index is 12.7. The molecule has 0 bridgehead atoms. The van der Waals surface area contributed by atoms with E-state index in [1.807, 2.05) is 0 Å². The highest BCUT2D eigenvalue weighted by atomic mass is 35.5. The van der Waals surface area contributed by atoms with Crippen molar-refractivity contribution in [3.8, 4) is 11.5 Å². The van der Waals surface area contributed by atoms with E-state index in [9.17, 15) is 18.0 Å². The zero-order valence-corrected chi connectivity index (χ0v) is 8.67. The molecule has 0 saturated carbocycles. The number of carbonyl (C=O) groups excluding carboxylic acids is 1.